The number of benzene rings is 2. The number of nitrogens with two attached hydrogens (primary N) is 1. The summed E-state index contributed by atoms with van der Waals surface area (Å²) in [6.07, 6.45) is 0. The van der Waals surface area contributed by atoms with Gasteiger partial charge in [0.25, 0.3) is 11.8 Å². The van der Waals surface area contributed by atoms with Crippen LogP contribution >= 0.6 is 0 Å². The summed E-state index contributed by atoms with van der Waals surface area (Å²) in [5, 5.41) is 0. The molecule has 2 amide bonds. The number of rotatable bonds is 7. The van der Waals surface area contributed by atoms with Gasteiger partial charge >= 0.3 is 0 Å². The quantitative estimate of drug-likeness (QED) is 0.841. The zero-order chi connectivity index (χ0) is 17.5. The van der Waals surface area contributed by atoms with E-state index in [9.17, 15) is 9.59 Å². The standard InChI is InChI=1S/C18H20N2O4/c1-20(11-13-6-4-3-5-7-13)17(21)12-24-16-10-14(23-2)8-9-15(16)18(19)22/h3-10H,11-12H2,1-2H3,(H2,19,22). The van der Waals surface area contributed by atoms with Gasteiger partial charge in [-0.3, -0.25) is 9.59 Å². The molecule has 6 heteroatoms. The molecule has 2 N–H and O–H groups in total. The minimum absolute atomic E-state index is 0.198. The lowest BCUT2D eigenvalue weighted by Gasteiger charge is -2.18. The van der Waals surface area contributed by atoms with Crippen LogP contribution in [0.1, 0.15) is 15.9 Å². The molecule has 0 aliphatic heterocycles. The second-order valence-electron chi connectivity index (χ2n) is 5.25. The Morgan fingerprint density at radius 1 is 1.12 bits per heavy atom. The largest absolute Gasteiger partial charge is 0.497 e. The predicted molar refractivity (Wildman–Crippen MR) is 89.9 cm³/mol. The number of primary amides is 1. The summed E-state index contributed by atoms with van der Waals surface area (Å²) in [6.45, 7) is 0.278. The van der Waals surface area contributed by atoms with Gasteiger partial charge in [0.05, 0.1) is 12.7 Å². The fourth-order valence-corrected chi connectivity index (χ4v) is 2.15. The number of ether oxygens (including phenoxy) is 2. The van der Waals surface area contributed by atoms with Crippen LogP contribution in [0, 0.1) is 0 Å². The Morgan fingerprint density at radius 2 is 1.83 bits per heavy atom. The van der Waals surface area contributed by atoms with E-state index in [1.54, 1.807) is 18.0 Å². The smallest absolute Gasteiger partial charge is 0.260 e. The van der Waals surface area contributed by atoms with Crippen molar-refractivity contribution in [1.29, 1.82) is 0 Å². The first kappa shape index (κ1) is 17.3. The third kappa shape index (κ3) is 4.49. The Morgan fingerprint density at radius 3 is 2.46 bits per heavy atom. The minimum atomic E-state index is -0.627. The molecule has 2 rings (SSSR count). The van der Waals surface area contributed by atoms with E-state index in [2.05, 4.69) is 0 Å². The molecule has 126 valence electrons. The van der Waals surface area contributed by atoms with Gasteiger partial charge < -0.3 is 20.1 Å². The lowest BCUT2D eigenvalue weighted by molar-refractivity contribution is -0.132. The summed E-state index contributed by atoms with van der Waals surface area (Å²) in [6, 6.07) is 14.3. The average molecular weight is 328 g/mol. The van der Waals surface area contributed by atoms with Crippen molar-refractivity contribution in [3.05, 3.63) is 59.7 Å². The maximum atomic E-state index is 12.2. The number of amides is 2. The minimum Gasteiger partial charge on any atom is -0.497 e. The summed E-state index contributed by atoms with van der Waals surface area (Å²) >= 11 is 0. The third-order valence-corrected chi connectivity index (χ3v) is 3.49. The molecule has 0 aliphatic carbocycles. The fraction of sp³-hybridized carbons (Fsp3) is 0.222. The molecule has 0 fully saturated rings. The van der Waals surface area contributed by atoms with Crippen LogP contribution < -0.4 is 15.2 Å². The van der Waals surface area contributed by atoms with Crippen molar-refractivity contribution in [3.63, 3.8) is 0 Å². The highest BCUT2D eigenvalue weighted by molar-refractivity contribution is 5.96. The van der Waals surface area contributed by atoms with Crippen molar-refractivity contribution in [1.82, 2.24) is 4.90 Å². The molecule has 24 heavy (non-hydrogen) atoms. The maximum Gasteiger partial charge on any atom is 0.260 e. The Hall–Kier alpha value is -3.02. The van der Waals surface area contributed by atoms with E-state index in [-0.39, 0.29) is 23.8 Å². The Kier molecular flexibility index (Phi) is 5.78. The van der Waals surface area contributed by atoms with Gasteiger partial charge in [-0.25, -0.2) is 0 Å². The van der Waals surface area contributed by atoms with E-state index in [0.29, 0.717) is 12.3 Å². The number of methoxy groups -OCH3 is 1. The van der Waals surface area contributed by atoms with Crippen molar-refractivity contribution in [2.75, 3.05) is 20.8 Å². The number of hydrogen-bond acceptors (Lipinski definition) is 4. The van der Waals surface area contributed by atoms with Gasteiger partial charge in [0.1, 0.15) is 11.5 Å². The Labute approximate surface area is 140 Å². The second kappa shape index (κ2) is 8.01. The first-order valence-electron chi connectivity index (χ1n) is 7.39. The molecule has 0 spiro atoms. The molecule has 6 nitrogen and oxygen atoms in total. The van der Waals surface area contributed by atoms with Crippen LogP contribution in [0.2, 0.25) is 0 Å². The predicted octanol–water partition coefficient (Wildman–Crippen LogP) is 1.83. The monoisotopic (exact) mass is 328 g/mol. The SMILES string of the molecule is COc1ccc(C(N)=O)c(OCC(=O)N(C)Cc2ccccc2)c1. The molecule has 0 bridgehead atoms. The molecule has 2 aromatic carbocycles. The number of likely N-dealkylation sites (N-methyl/N-ethyl adjacent to an activating group) is 1. The molecule has 0 saturated carbocycles. The highest BCUT2D eigenvalue weighted by atomic mass is 16.5. The van der Waals surface area contributed by atoms with Crippen molar-refractivity contribution in [2.24, 2.45) is 5.73 Å². The van der Waals surface area contributed by atoms with E-state index >= 15 is 0 Å². The van der Waals surface area contributed by atoms with Crippen molar-refractivity contribution in [2.45, 2.75) is 6.54 Å². The van der Waals surface area contributed by atoms with Gasteiger partial charge in [-0.05, 0) is 17.7 Å². The Balaban J connectivity index is 2.01. The topological polar surface area (TPSA) is 81.9 Å². The van der Waals surface area contributed by atoms with E-state index in [1.165, 1.54) is 19.2 Å². The first-order chi connectivity index (χ1) is 11.5. The molecule has 0 heterocycles. The third-order valence-electron chi connectivity index (χ3n) is 3.49. The fourth-order valence-electron chi connectivity index (χ4n) is 2.15. The molecule has 0 aromatic heterocycles. The van der Waals surface area contributed by atoms with Crippen LogP contribution in [-0.4, -0.2) is 37.5 Å². The molecule has 2 aromatic rings. The van der Waals surface area contributed by atoms with Crippen LogP contribution in [0.4, 0.5) is 0 Å². The van der Waals surface area contributed by atoms with Crippen molar-refractivity contribution in [3.8, 4) is 11.5 Å². The van der Waals surface area contributed by atoms with Crippen LogP contribution in [0.5, 0.6) is 11.5 Å². The molecular formula is C18H20N2O4. The van der Waals surface area contributed by atoms with Crippen LogP contribution in [0.3, 0.4) is 0 Å². The maximum absolute atomic E-state index is 12.2. The number of carbonyl (C=O) groups is 2. The molecule has 0 atom stereocenters. The van der Waals surface area contributed by atoms with Gasteiger partial charge in [0.15, 0.2) is 6.61 Å². The number of carbonyl (C=O) groups excluding carboxylic acids is 2. The molecule has 0 aliphatic rings. The highest BCUT2D eigenvalue weighted by Crippen LogP contribution is 2.24. The number of nitrogens with zero attached hydrogens (tertiary/aromatic N) is 1. The van der Waals surface area contributed by atoms with Gasteiger partial charge in [-0.15, -0.1) is 0 Å². The molecule has 0 saturated heterocycles. The van der Waals surface area contributed by atoms with E-state index in [4.69, 9.17) is 15.2 Å². The van der Waals surface area contributed by atoms with Crippen molar-refractivity contribution < 1.29 is 19.1 Å². The first-order valence-corrected chi connectivity index (χ1v) is 7.39. The normalized spacial score (nSPS) is 10.1. The van der Waals surface area contributed by atoms with Gasteiger partial charge in [-0.1, -0.05) is 30.3 Å². The lowest BCUT2D eigenvalue weighted by atomic mass is 10.2. The average Bonchev–Trinajstić information content (AvgIpc) is 2.59. The molecule has 0 unspecified atom stereocenters. The van der Waals surface area contributed by atoms with E-state index < -0.39 is 5.91 Å². The number of hydrogen-bond donors (Lipinski definition) is 1. The van der Waals surface area contributed by atoms with Crippen LogP contribution in [0.25, 0.3) is 0 Å². The zero-order valence-electron chi connectivity index (χ0n) is 13.7. The molecule has 0 radical (unpaired) electrons. The summed E-state index contributed by atoms with van der Waals surface area (Å²) < 4.78 is 10.6. The summed E-state index contributed by atoms with van der Waals surface area (Å²) in [4.78, 5) is 25.2. The molecular weight excluding hydrogens is 308 g/mol. The van der Waals surface area contributed by atoms with Gasteiger partial charge in [0.2, 0.25) is 0 Å². The van der Waals surface area contributed by atoms with Crippen LogP contribution in [0.15, 0.2) is 48.5 Å². The summed E-state index contributed by atoms with van der Waals surface area (Å²) in [7, 11) is 3.20. The van der Waals surface area contributed by atoms with Crippen LogP contribution in [-0.2, 0) is 11.3 Å². The Bertz CT molecular complexity index is 716. The van der Waals surface area contributed by atoms with E-state index in [0.717, 1.165) is 5.56 Å². The summed E-state index contributed by atoms with van der Waals surface area (Å²) in [5.41, 5.74) is 6.54. The second-order valence-corrected chi connectivity index (χ2v) is 5.25. The van der Waals surface area contributed by atoms with E-state index in [1.807, 2.05) is 30.3 Å². The summed E-state index contributed by atoms with van der Waals surface area (Å²) in [5.74, 6) is -0.0989. The van der Waals surface area contributed by atoms with Gasteiger partial charge in [-0.2, -0.15) is 0 Å². The van der Waals surface area contributed by atoms with Crippen molar-refractivity contribution >= 4 is 11.8 Å². The zero-order valence-corrected chi connectivity index (χ0v) is 13.7. The van der Waals surface area contributed by atoms with Gasteiger partial charge in [0, 0.05) is 19.7 Å². The lowest BCUT2D eigenvalue weighted by Crippen LogP contribution is -2.31. The highest BCUT2D eigenvalue weighted by Gasteiger charge is 2.15.